The van der Waals surface area contributed by atoms with Gasteiger partial charge >= 0.3 is 0 Å². The number of hydrogen-bond donors (Lipinski definition) is 4. The van der Waals surface area contributed by atoms with Crippen LogP contribution in [0.25, 0.3) is 0 Å². The van der Waals surface area contributed by atoms with E-state index in [4.69, 9.17) is 15.2 Å². The van der Waals surface area contributed by atoms with Gasteiger partial charge in [0, 0.05) is 0 Å². The van der Waals surface area contributed by atoms with Crippen molar-refractivity contribution in [3.8, 4) is 5.75 Å². The third-order valence-electron chi connectivity index (χ3n) is 6.85. The van der Waals surface area contributed by atoms with Crippen LogP contribution in [0.1, 0.15) is 44.1 Å². The predicted molar refractivity (Wildman–Crippen MR) is 138 cm³/mol. The van der Waals surface area contributed by atoms with Gasteiger partial charge in [-0.1, -0.05) is 80.6 Å². The molecule has 0 bridgehead atoms. The lowest BCUT2D eigenvalue weighted by atomic mass is 9.84. The number of β-lactam (4-membered cyclic amide) rings is 1. The van der Waals surface area contributed by atoms with Crippen LogP contribution in [0.15, 0.2) is 60.7 Å². The number of para-hydroxylation sites is 1. The third kappa shape index (κ3) is 7.77. The van der Waals surface area contributed by atoms with Crippen LogP contribution in [0.4, 0.5) is 0 Å². The number of nitrogens with two attached hydrogens (primary N) is 1. The summed E-state index contributed by atoms with van der Waals surface area (Å²) in [5, 5.41) is 8.25. The van der Waals surface area contributed by atoms with Gasteiger partial charge in [0.1, 0.15) is 17.8 Å². The van der Waals surface area contributed by atoms with Crippen LogP contribution in [0.5, 0.6) is 5.75 Å². The molecular formula is C28H36N4O5. The molecule has 4 rings (SSSR count). The maximum Gasteiger partial charge on any atom is 0.251 e. The van der Waals surface area contributed by atoms with E-state index in [1.165, 1.54) is 6.42 Å². The first-order valence-corrected chi connectivity index (χ1v) is 13.0. The molecule has 2 fully saturated rings. The molecule has 5 N–H and O–H groups in total. The van der Waals surface area contributed by atoms with Crippen LogP contribution in [0.2, 0.25) is 0 Å². The highest BCUT2D eigenvalue weighted by molar-refractivity contribution is 5.96. The number of carbonyl (C=O) groups excluding carboxylic acids is 3. The average molecular weight is 509 g/mol. The van der Waals surface area contributed by atoms with E-state index in [1.807, 2.05) is 48.5 Å². The van der Waals surface area contributed by atoms with Gasteiger partial charge in [-0.2, -0.15) is 0 Å². The molecule has 4 atom stereocenters. The van der Waals surface area contributed by atoms with Gasteiger partial charge in [-0.3, -0.25) is 14.4 Å². The van der Waals surface area contributed by atoms with Crippen molar-refractivity contribution in [1.82, 2.24) is 16.0 Å². The van der Waals surface area contributed by atoms with Gasteiger partial charge < -0.3 is 31.2 Å². The van der Waals surface area contributed by atoms with E-state index in [1.54, 1.807) is 12.1 Å². The van der Waals surface area contributed by atoms with Crippen LogP contribution in [0.3, 0.4) is 0 Å². The van der Waals surface area contributed by atoms with Gasteiger partial charge in [0.05, 0.1) is 13.2 Å². The summed E-state index contributed by atoms with van der Waals surface area (Å²) in [4.78, 5) is 38.4. The minimum Gasteiger partial charge on any atom is -0.468 e. The maximum atomic E-state index is 13.3. The van der Waals surface area contributed by atoms with E-state index in [9.17, 15) is 14.4 Å². The monoisotopic (exact) mass is 508 g/mol. The van der Waals surface area contributed by atoms with E-state index in [2.05, 4.69) is 16.0 Å². The molecule has 9 nitrogen and oxygen atoms in total. The molecule has 1 aliphatic carbocycles. The van der Waals surface area contributed by atoms with Crippen molar-refractivity contribution in [1.29, 1.82) is 0 Å². The molecule has 37 heavy (non-hydrogen) atoms. The second-order valence-electron chi connectivity index (χ2n) is 9.75. The number of amides is 3. The molecule has 2 aromatic rings. The van der Waals surface area contributed by atoms with Gasteiger partial charge in [0.2, 0.25) is 18.0 Å². The van der Waals surface area contributed by atoms with E-state index >= 15 is 0 Å². The van der Waals surface area contributed by atoms with Crippen LogP contribution in [-0.4, -0.2) is 48.7 Å². The highest BCUT2D eigenvalue weighted by Crippen LogP contribution is 2.27. The Kier molecular flexibility index (Phi) is 9.51. The quantitative estimate of drug-likeness (QED) is 0.324. The van der Waals surface area contributed by atoms with Crippen molar-refractivity contribution in [2.24, 2.45) is 11.7 Å². The van der Waals surface area contributed by atoms with Crippen molar-refractivity contribution in [2.45, 2.75) is 69.5 Å². The average Bonchev–Trinajstić information content (AvgIpc) is 2.92. The lowest BCUT2D eigenvalue weighted by Gasteiger charge is -2.37. The van der Waals surface area contributed by atoms with Crippen LogP contribution < -0.4 is 26.4 Å². The Balaban J connectivity index is 1.33. The second-order valence-corrected chi connectivity index (χ2v) is 9.75. The molecule has 1 heterocycles. The van der Waals surface area contributed by atoms with Crippen LogP contribution in [-0.2, 0) is 25.7 Å². The van der Waals surface area contributed by atoms with Crippen molar-refractivity contribution < 1.29 is 23.9 Å². The van der Waals surface area contributed by atoms with Crippen molar-refractivity contribution in [3.63, 3.8) is 0 Å². The number of hydrogen-bond acceptors (Lipinski definition) is 6. The second kappa shape index (κ2) is 13.2. The van der Waals surface area contributed by atoms with E-state index < -0.39 is 36.2 Å². The first-order valence-electron chi connectivity index (χ1n) is 13.0. The first kappa shape index (κ1) is 26.6. The topological polar surface area (TPSA) is 132 Å². The van der Waals surface area contributed by atoms with Gasteiger partial charge in [0.15, 0.2) is 6.04 Å². The third-order valence-corrected chi connectivity index (χ3v) is 6.85. The first-order chi connectivity index (χ1) is 18.0. The Hall–Kier alpha value is -3.43. The summed E-state index contributed by atoms with van der Waals surface area (Å²) < 4.78 is 11.4. The summed E-state index contributed by atoms with van der Waals surface area (Å²) >= 11 is 0. The highest BCUT2D eigenvalue weighted by atomic mass is 16.5. The van der Waals surface area contributed by atoms with Gasteiger partial charge in [-0.15, -0.1) is 0 Å². The van der Waals surface area contributed by atoms with Gasteiger partial charge in [-0.05, 0) is 30.0 Å². The smallest absolute Gasteiger partial charge is 0.251 e. The van der Waals surface area contributed by atoms with E-state index in [-0.39, 0.29) is 12.5 Å². The number of rotatable bonds is 12. The predicted octanol–water partition coefficient (Wildman–Crippen LogP) is 2.01. The molecule has 1 saturated carbocycles. The lowest BCUT2D eigenvalue weighted by Crippen LogP contribution is -2.72. The summed E-state index contributed by atoms with van der Waals surface area (Å²) in [6, 6.07) is 16.1. The molecule has 3 amide bonds. The molecule has 0 aromatic heterocycles. The maximum absolute atomic E-state index is 13.3. The van der Waals surface area contributed by atoms with E-state index in [0.717, 1.165) is 31.2 Å². The molecule has 198 valence electrons. The van der Waals surface area contributed by atoms with Crippen molar-refractivity contribution in [3.05, 3.63) is 66.2 Å². The van der Waals surface area contributed by atoms with Crippen molar-refractivity contribution in [2.75, 3.05) is 6.61 Å². The van der Waals surface area contributed by atoms with Crippen LogP contribution >= 0.6 is 0 Å². The minimum atomic E-state index is -0.925. The molecular weight excluding hydrogens is 472 g/mol. The molecule has 0 spiro atoms. The fourth-order valence-electron chi connectivity index (χ4n) is 4.71. The number of carbonyl (C=O) groups is 3. The summed E-state index contributed by atoms with van der Waals surface area (Å²) in [7, 11) is 0. The Morgan fingerprint density at radius 1 is 0.973 bits per heavy atom. The zero-order chi connectivity index (χ0) is 26.0. The normalized spacial score (nSPS) is 21.2. The lowest BCUT2D eigenvalue weighted by molar-refractivity contribution is -0.144. The highest BCUT2D eigenvalue weighted by Gasteiger charge is 2.43. The Morgan fingerprint density at radius 2 is 1.65 bits per heavy atom. The molecule has 9 heteroatoms. The van der Waals surface area contributed by atoms with E-state index in [0.29, 0.717) is 24.7 Å². The minimum absolute atomic E-state index is 0.0243. The Morgan fingerprint density at radius 3 is 2.32 bits per heavy atom. The standard InChI is InChI=1S/C28H36N4O5/c29-22(18-36-17-20-12-6-2-7-13-20)25(33)30-23(16-19-10-4-1-5-11-19)26(34)31-24-27(35)32-28(24)37-21-14-8-3-9-15-21/h2-3,6-9,12-15,19,22-24,28H,1,4-5,10-11,16-18,29H2,(H,30,33)(H,31,34)(H,32,35)/t22-,23-,24+,28-/m0/s1. The van der Waals surface area contributed by atoms with Crippen molar-refractivity contribution >= 4 is 17.7 Å². The Labute approximate surface area is 217 Å². The summed E-state index contributed by atoms with van der Waals surface area (Å²) in [6.07, 6.45) is 5.23. The zero-order valence-electron chi connectivity index (χ0n) is 20.9. The largest absolute Gasteiger partial charge is 0.468 e. The molecule has 0 unspecified atom stereocenters. The summed E-state index contributed by atoms with van der Waals surface area (Å²) in [5.41, 5.74) is 7.06. The molecule has 0 radical (unpaired) electrons. The SMILES string of the molecule is N[C@@H](COCc1ccccc1)C(=O)N[C@@H](CC1CCCCC1)C(=O)N[C@@H]1C(=O)N[C@H]1Oc1ccccc1. The number of ether oxygens (including phenoxy) is 2. The molecule has 2 aliphatic rings. The van der Waals surface area contributed by atoms with Crippen LogP contribution in [0, 0.1) is 5.92 Å². The zero-order valence-corrected chi connectivity index (χ0v) is 20.9. The molecule has 1 aliphatic heterocycles. The summed E-state index contributed by atoms with van der Waals surface area (Å²) in [6.45, 7) is 0.365. The van der Waals surface area contributed by atoms with Gasteiger partial charge in [-0.25, -0.2) is 0 Å². The fraction of sp³-hybridized carbons (Fsp3) is 0.464. The van der Waals surface area contributed by atoms with Gasteiger partial charge in [0.25, 0.3) is 5.91 Å². The molecule has 2 aromatic carbocycles. The number of benzene rings is 2. The fourth-order valence-corrected chi connectivity index (χ4v) is 4.71. The molecule has 1 saturated heterocycles. The number of nitrogens with one attached hydrogen (secondary N) is 3. The Bertz CT molecular complexity index is 1030. The summed E-state index contributed by atoms with van der Waals surface area (Å²) in [5.74, 6) is -0.303.